The van der Waals surface area contributed by atoms with Gasteiger partial charge < -0.3 is 14.9 Å². The fourth-order valence-electron chi connectivity index (χ4n) is 1.06. The first kappa shape index (κ1) is 10.4. The molecular formula is C7H17N2O2+. The number of rotatable bonds is 5. The minimum Gasteiger partial charge on any atom is -0.388 e. The van der Waals surface area contributed by atoms with E-state index in [4.69, 9.17) is 5.11 Å². The molecule has 0 radical (unpaired) electrons. The molecule has 0 saturated carbocycles. The van der Waals surface area contributed by atoms with Crippen LogP contribution in [0.5, 0.6) is 0 Å². The summed E-state index contributed by atoms with van der Waals surface area (Å²) in [4.78, 5) is 9.95. The van der Waals surface area contributed by atoms with Gasteiger partial charge >= 0.3 is 0 Å². The van der Waals surface area contributed by atoms with Gasteiger partial charge in [-0.25, -0.2) is 0 Å². The van der Waals surface area contributed by atoms with Gasteiger partial charge in [-0.2, -0.15) is 0 Å². The van der Waals surface area contributed by atoms with Crippen LogP contribution in [0.3, 0.4) is 0 Å². The molecule has 0 aliphatic heterocycles. The number of quaternary nitrogens is 1. The van der Waals surface area contributed by atoms with Crippen molar-refractivity contribution in [2.24, 2.45) is 0 Å². The number of carbonyl (C=O) groups is 1. The Balaban J connectivity index is 3.69. The Labute approximate surface area is 67.4 Å². The molecule has 66 valence electrons. The molecule has 0 bridgehead atoms. The Morgan fingerprint density at radius 3 is 2.55 bits per heavy atom. The molecule has 0 rings (SSSR count). The normalized spacial score (nSPS) is 14.2. The van der Waals surface area contributed by atoms with E-state index in [1.54, 1.807) is 6.92 Å². The number of aliphatic hydroxyl groups is 1. The second-order valence-corrected chi connectivity index (χ2v) is 3.45. The van der Waals surface area contributed by atoms with Crippen molar-refractivity contribution >= 4 is 6.41 Å². The summed E-state index contributed by atoms with van der Waals surface area (Å²) in [5.74, 6) is 0. The van der Waals surface area contributed by atoms with Crippen molar-refractivity contribution in [3.8, 4) is 0 Å². The van der Waals surface area contributed by atoms with E-state index < -0.39 is 0 Å². The highest BCUT2D eigenvalue weighted by atomic mass is 16.3. The van der Waals surface area contributed by atoms with Crippen LogP contribution in [-0.2, 0) is 4.79 Å². The number of carbonyl (C=O) groups excluding carboxylic acids is 1. The van der Waals surface area contributed by atoms with Gasteiger partial charge in [0.15, 0.2) is 6.67 Å². The van der Waals surface area contributed by atoms with Crippen molar-refractivity contribution < 1.29 is 14.4 Å². The molecule has 1 amide bonds. The molecule has 0 fully saturated rings. The van der Waals surface area contributed by atoms with Crippen molar-refractivity contribution in [1.29, 1.82) is 0 Å². The quantitative estimate of drug-likeness (QED) is 0.313. The molecule has 0 saturated heterocycles. The average Bonchev–Trinajstić information content (AvgIpc) is 1.81. The highest BCUT2D eigenvalue weighted by molar-refractivity contribution is 5.45. The maximum Gasteiger partial charge on any atom is 0.211 e. The Bertz CT molecular complexity index is 124. The van der Waals surface area contributed by atoms with Crippen LogP contribution in [0.4, 0.5) is 0 Å². The van der Waals surface area contributed by atoms with Crippen LogP contribution in [0.15, 0.2) is 0 Å². The number of likely N-dealkylation sites (N-methyl/N-ethyl adjacent to an activating group) is 1. The molecule has 4 heteroatoms. The topological polar surface area (TPSA) is 49.3 Å². The van der Waals surface area contributed by atoms with Gasteiger partial charge in [0, 0.05) is 0 Å². The monoisotopic (exact) mass is 161 g/mol. The van der Waals surface area contributed by atoms with Crippen LogP contribution in [0, 0.1) is 0 Å². The first-order valence-corrected chi connectivity index (χ1v) is 3.65. The van der Waals surface area contributed by atoms with Gasteiger partial charge in [-0.1, -0.05) is 0 Å². The Hall–Kier alpha value is -0.610. The van der Waals surface area contributed by atoms with Gasteiger partial charge in [-0.05, 0) is 6.92 Å². The van der Waals surface area contributed by atoms with Gasteiger partial charge in [0.2, 0.25) is 6.41 Å². The van der Waals surface area contributed by atoms with E-state index in [2.05, 4.69) is 5.32 Å². The molecule has 0 aliphatic carbocycles. The number of nitrogens with one attached hydrogen (secondary N) is 1. The number of hydrogen-bond donors (Lipinski definition) is 2. The fourth-order valence-corrected chi connectivity index (χ4v) is 1.06. The minimum atomic E-state index is -0.335. The smallest absolute Gasteiger partial charge is 0.211 e. The Morgan fingerprint density at radius 1 is 1.64 bits per heavy atom. The number of hydrogen-bond acceptors (Lipinski definition) is 2. The molecule has 11 heavy (non-hydrogen) atoms. The molecule has 4 nitrogen and oxygen atoms in total. The van der Waals surface area contributed by atoms with Crippen LogP contribution >= 0.6 is 0 Å². The van der Waals surface area contributed by atoms with Crippen molar-refractivity contribution in [1.82, 2.24) is 5.32 Å². The van der Waals surface area contributed by atoms with E-state index in [0.717, 1.165) is 0 Å². The molecule has 1 unspecified atom stereocenters. The first-order valence-electron chi connectivity index (χ1n) is 3.65. The van der Waals surface area contributed by atoms with E-state index in [1.165, 1.54) is 0 Å². The van der Waals surface area contributed by atoms with E-state index in [0.29, 0.717) is 24.1 Å². The molecule has 0 aromatic heterocycles. The average molecular weight is 161 g/mol. The lowest BCUT2D eigenvalue weighted by atomic mass is 10.3. The van der Waals surface area contributed by atoms with E-state index >= 15 is 0 Å². The van der Waals surface area contributed by atoms with Crippen molar-refractivity contribution in [3.63, 3.8) is 0 Å². The summed E-state index contributed by atoms with van der Waals surface area (Å²) in [6.07, 6.45) is 0.334. The van der Waals surface area contributed by atoms with Crippen molar-refractivity contribution in [2.45, 2.75) is 13.0 Å². The molecule has 2 N–H and O–H groups in total. The van der Waals surface area contributed by atoms with Gasteiger partial charge in [0.1, 0.15) is 12.6 Å². The highest BCUT2D eigenvalue weighted by Crippen LogP contribution is 1.96. The van der Waals surface area contributed by atoms with E-state index in [9.17, 15) is 4.79 Å². The van der Waals surface area contributed by atoms with Crippen LogP contribution in [0.2, 0.25) is 0 Å². The second kappa shape index (κ2) is 4.31. The number of amides is 1. The number of aliphatic hydroxyl groups excluding tert-OH is 1. The van der Waals surface area contributed by atoms with Gasteiger partial charge in [0.05, 0.1) is 14.1 Å². The molecular weight excluding hydrogens is 144 g/mol. The summed E-state index contributed by atoms with van der Waals surface area (Å²) in [7, 11) is 3.90. The lowest BCUT2D eigenvalue weighted by Gasteiger charge is -2.30. The second-order valence-electron chi connectivity index (χ2n) is 3.45. The lowest BCUT2D eigenvalue weighted by Crippen LogP contribution is -2.49. The molecule has 0 aromatic rings. The third-order valence-corrected chi connectivity index (χ3v) is 1.36. The van der Waals surface area contributed by atoms with Crippen LogP contribution in [-0.4, -0.2) is 49.4 Å². The molecule has 0 heterocycles. The Morgan fingerprint density at radius 2 is 2.18 bits per heavy atom. The summed E-state index contributed by atoms with van der Waals surface area (Å²) in [5, 5.41) is 11.6. The number of nitrogens with zero attached hydrogens (tertiary/aromatic N) is 1. The van der Waals surface area contributed by atoms with Crippen LogP contribution < -0.4 is 5.32 Å². The highest BCUT2D eigenvalue weighted by Gasteiger charge is 2.16. The van der Waals surface area contributed by atoms with Gasteiger partial charge in [-0.3, -0.25) is 4.79 Å². The summed E-state index contributed by atoms with van der Waals surface area (Å²) >= 11 is 0. The standard InChI is InChI=1S/C7H16N2O2/c1-7(11)4-9(2,3)5-8-6-10/h6-7,11H,4-5H2,1-3H3/p+1. The summed E-state index contributed by atoms with van der Waals surface area (Å²) in [6, 6.07) is 0. The lowest BCUT2D eigenvalue weighted by molar-refractivity contribution is -0.894. The zero-order valence-corrected chi connectivity index (χ0v) is 7.37. The van der Waals surface area contributed by atoms with Gasteiger partial charge in [-0.15, -0.1) is 0 Å². The SMILES string of the molecule is CC(O)C[N+](C)(C)CNC=O. The third-order valence-electron chi connectivity index (χ3n) is 1.36. The Kier molecular flexibility index (Phi) is 4.07. The zero-order chi connectivity index (χ0) is 8.91. The maximum atomic E-state index is 9.95. The third kappa shape index (κ3) is 5.82. The minimum absolute atomic E-state index is 0.335. The largest absolute Gasteiger partial charge is 0.388 e. The molecule has 0 aromatic carbocycles. The fraction of sp³-hybridized carbons (Fsp3) is 0.857. The summed E-state index contributed by atoms with van der Waals surface area (Å²) < 4.78 is 0.594. The van der Waals surface area contributed by atoms with Gasteiger partial charge in [0.25, 0.3) is 0 Å². The molecule has 0 spiro atoms. The van der Waals surface area contributed by atoms with E-state index in [1.807, 2.05) is 14.1 Å². The van der Waals surface area contributed by atoms with Crippen molar-refractivity contribution in [2.75, 3.05) is 27.3 Å². The zero-order valence-electron chi connectivity index (χ0n) is 7.37. The summed E-state index contributed by atoms with van der Waals surface area (Å²) in [6.45, 7) is 2.93. The first-order chi connectivity index (χ1) is 4.98. The van der Waals surface area contributed by atoms with Crippen molar-refractivity contribution in [3.05, 3.63) is 0 Å². The predicted octanol–water partition coefficient (Wildman–Crippen LogP) is -0.853. The summed E-state index contributed by atoms with van der Waals surface area (Å²) in [5.41, 5.74) is 0. The van der Waals surface area contributed by atoms with Crippen LogP contribution in [0.1, 0.15) is 6.92 Å². The molecule has 0 aliphatic rings. The maximum absolute atomic E-state index is 9.95. The van der Waals surface area contributed by atoms with E-state index in [-0.39, 0.29) is 6.10 Å². The molecule has 1 atom stereocenters. The predicted molar refractivity (Wildman–Crippen MR) is 42.7 cm³/mol. The van der Waals surface area contributed by atoms with Crippen LogP contribution in [0.25, 0.3) is 0 Å².